The molecular weight excluding hydrogens is 398 g/mol. The summed E-state index contributed by atoms with van der Waals surface area (Å²) in [5.74, 6) is 0.404. The lowest BCUT2D eigenvalue weighted by atomic mass is 10.2. The van der Waals surface area contributed by atoms with Gasteiger partial charge in [0, 0.05) is 18.0 Å². The van der Waals surface area contributed by atoms with Crippen LogP contribution in [0.3, 0.4) is 0 Å². The number of carbonyl (C=O) groups excluding carboxylic acids is 1. The molecule has 0 unspecified atom stereocenters. The van der Waals surface area contributed by atoms with Gasteiger partial charge in [0.25, 0.3) is 0 Å². The zero-order valence-corrected chi connectivity index (χ0v) is 17.6. The number of rotatable bonds is 7. The van der Waals surface area contributed by atoms with Gasteiger partial charge in [-0.1, -0.05) is 48.5 Å². The van der Waals surface area contributed by atoms with Crippen LogP contribution in [0.4, 0.5) is 5.69 Å². The van der Waals surface area contributed by atoms with E-state index in [-0.39, 0.29) is 10.8 Å². The van der Waals surface area contributed by atoms with E-state index in [0.717, 1.165) is 28.7 Å². The molecule has 30 heavy (non-hydrogen) atoms. The second-order valence-electron chi connectivity index (χ2n) is 6.91. The molecule has 0 spiro atoms. The Morgan fingerprint density at radius 1 is 1.00 bits per heavy atom. The van der Waals surface area contributed by atoms with Crippen LogP contribution in [0.15, 0.2) is 83.8 Å². The standard InChI is InChI=1S/C24H23NO4S/c1-18-8-14-22(30(2,27)28)16-23(18)25-24(26)15-11-19-9-12-21(13-10-19)29-17-20-6-4-3-5-7-20/h3-16H,17H2,1-2H3,(H,25,26)/b15-11+. The zero-order chi connectivity index (χ0) is 21.6. The number of carbonyl (C=O) groups is 1. The largest absolute Gasteiger partial charge is 0.489 e. The summed E-state index contributed by atoms with van der Waals surface area (Å²) in [5, 5.41) is 2.73. The van der Waals surface area contributed by atoms with Crippen LogP contribution in [-0.2, 0) is 21.2 Å². The van der Waals surface area contributed by atoms with E-state index in [1.807, 2.05) is 54.6 Å². The molecule has 0 aliphatic carbocycles. The van der Waals surface area contributed by atoms with E-state index in [2.05, 4.69) is 5.32 Å². The molecule has 3 aromatic carbocycles. The molecule has 0 bridgehead atoms. The molecule has 6 heteroatoms. The molecule has 0 aliphatic rings. The maximum Gasteiger partial charge on any atom is 0.248 e. The molecule has 0 aromatic heterocycles. The molecule has 0 saturated carbocycles. The molecule has 0 heterocycles. The first-order valence-corrected chi connectivity index (χ1v) is 11.3. The van der Waals surface area contributed by atoms with Crippen LogP contribution in [0.1, 0.15) is 16.7 Å². The van der Waals surface area contributed by atoms with Gasteiger partial charge in [-0.2, -0.15) is 0 Å². The van der Waals surface area contributed by atoms with Crippen LogP contribution < -0.4 is 10.1 Å². The van der Waals surface area contributed by atoms with Gasteiger partial charge >= 0.3 is 0 Å². The summed E-state index contributed by atoms with van der Waals surface area (Å²) < 4.78 is 29.2. The summed E-state index contributed by atoms with van der Waals surface area (Å²) in [6.07, 6.45) is 4.23. The molecule has 0 aliphatic heterocycles. The van der Waals surface area contributed by atoms with Gasteiger partial charge in [0.1, 0.15) is 12.4 Å². The Hall–Kier alpha value is -3.38. The van der Waals surface area contributed by atoms with Crippen molar-refractivity contribution in [2.75, 3.05) is 11.6 Å². The van der Waals surface area contributed by atoms with E-state index in [1.165, 1.54) is 18.2 Å². The van der Waals surface area contributed by atoms with E-state index < -0.39 is 9.84 Å². The van der Waals surface area contributed by atoms with Crippen molar-refractivity contribution in [3.63, 3.8) is 0 Å². The van der Waals surface area contributed by atoms with E-state index in [9.17, 15) is 13.2 Å². The predicted molar refractivity (Wildman–Crippen MR) is 119 cm³/mol. The van der Waals surface area contributed by atoms with Crippen LogP contribution in [0.2, 0.25) is 0 Å². The van der Waals surface area contributed by atoms with Crippen LogP contribution in [-0.4, -0.2) is 20.6 Å². The number of ether oxygens (including phenoxy) is 1. The van der Waals surface area contributed by atoms with Gasteiger partial charge in [-0.3, -0.25) is 4.79 Å². The average Bonchev–Trinajstić information content (AvgIpc) is 2.73. The Balaban J connectivity index is 1.60. The fourth-order valence-corrected chi connectivity index (χ4v) is 3.38. The highest BCUT2D eigenvalue weighted by molar-refractivity contribution is 7.90. The topological polar surface area (TPSA) is 72.5 Å². The van der Waals surface area contributed by atoms with Gasteiger partial charge in [-0.05, 0) is 54.0 Å². The van der Waals surface area contributed by atoms with Crippen molar-refractivity contribution in [3.05, 3.63) is 95.6 Å². The summed E-state index contributed by atoms with van der Waals surface area (Å²) in [6, 6.07) is 22.0. The Labute approximate surface area is 176 Å². The van der Waals surface area contributed by atoms with Crippen molar-refractivity contribution < 1.29 is 17.9 Å². The Kier molecular flexibility index (Phi) is 6.69. The van der Waals surface area contributed by atoms with Crippen molar-refractivity contribution in [3.8, 4) is 5.75 Å². The van der Waals surface area contributed by atoms with E-state index in [1.54, 1.807) is 19.1 Å². The number of anilines is 1. The normalized spacial score (nSPS) is 11.4. The number of hydrogen-bond donors (Lipinski definition) is 1. The third kappa shape index (κ3) is 6.06. The maximum atomic E-state index is 12.3. The van der Waals surface area contributed by atoms with Crippen LogP contribution in [0.25, 0.3) is 6.08 Å². The van der Waals surface area contributed by atoms with E-state index >= 15 is 0 Å². The highest BCUT2D eigenvalue weighted by Gasteiger charge is 2.10. The van der Waals surface area contributed by atoms with Crippen LogP contribution in [0, 0.1) is 6.92 Å². The first-order valence-electron chi connectivity index (χ1n) is 9.38. The monoisotopic (exact) mass is 421 g/mol. The Morgan fingerprint density at radius 3 is 2.37 bits per heavy atom. The van der Waals surface area contributed by atoms with Gasteiger partial charge in [-0.25, -0.2) is 8.42 Å². The minimum Gasteiger partial charge on any atom is -0.489 e. The summed E-state index contributed by atoms with van der Waals surface area (Å²) in [5.41, 5.74) is 3.19. The highest BCUT2D eigenvalue weighted by Crippen LogP contribution is 2.20. The molecule has 154 valence electrons. The first kappa shape index (κ1) is 21.3. The van der Waals surface area contributed by atoms with Gasteiger partial charge in [-0.15, -0.1) is 0 Å². The van der Waals surface area contributed by atoms with Crippen LogP contribution in [0.5, 0.6) is 5.75 Å². The van der Waals surface area contributed by atoms with Crippen molar-refractivity contribution in [2.45, 2.75) is 18.4 Å². The molecule has 5 nitrogen and oxygen atoms in total. The van der Waals surface area contributed by atoms with Gasteiger partial charge in [0.15, 0.2) is 9.84 Å². The first-order chi connectivity index (χ1) is 14.3. The number of sulfone groups is 1. The highest BCUT2D eigenvalue weighted by atomic mass is 32.2. The van der Waals surface area contributed by atoms with E-state index in [4.69, 9.17) is 4.74 Å². The fourth-order valence-electron chi connectivity index (χ4n) is 2.73. The quantitative estimate of drug-likeness (QED) is 0.565. The maximum absolute atomic E-state index is 12.3. The molecule has 3 rings (SSSR count). The summed E-state index contributed by atoms with van der Waals surface area (Å²) in [6.45, 7) is 2.30. The minimum atomic E-state index is -3.34. The predicted octanol–water partition coefficient (Wildman–Crippen LogP) is 4.63. The third-order valence-corrected chi connectivity index (χ3v) is 5.56. The molecule has 0 fully saturated rings. The second kappa shape index (κ2) is 9.41. The fraction of sp³-hybridized carbons (Fsp3) is 0.125. The molecule has 1 amide bonds. The van der Waals surface area contributed by atoms with Gasteiger partial charge < -0.3 is 10.1 Å². The number of benzene rings is 3. The number of nitrogens with one attached hydrogen (secondary N) is 1. The minimum absolute atomic E-state index is 0.165. The van der Waals surface area contributed by atoms with Gasteiger partial charge in [0.2, 0.25) is 5.91 Å². The summed E-state index contributed by atoms with van der Waals surface area (Å²) in [4.78, 5) is 12.4. The number of hydrogen-bond acceptors (Lipinski definition) is 4. The molecule has 0 atom stereocenters. The van der Waals surface area contributed by atoms with E-state index in [0.29, 0.717) is 12.3 Å². The lowest BCUT2D eigenvalue weighted by Crippen LogP contribution is -2.10. The molecular formula is C24H23NO4S. The van der Waals surface area contributed by atoms with Gasteiger partial charge in [0.05, 0.1) is 4.90 Å². The summed E-state index contributed by atoms with van der Waals surface area (Å²) >= 11 is 0. The number of aryl methyl sites for hydroxylation is 1. The second-order valence-corrected chi connectivity index (χ2v) is 8.93. The zero-order valence-electron chi connectivity index (χ0n) is 16.8. The number of amides is 1. The third-order valence-electron chi connectivity index (χ3n) is 4.45. The Morgan fingerprint density at radius 2 is 1.70 bits per heavy atom. The smallest absolute Gasteiger partial charge is 0.248 e. The molecule has 3 aromatic rings. The average molecular weight is 422 g/mol. The molecule has 0 saturated heterocycles. The summed E-state index contributed by atoms with van der Waals surface area (Å²) in [7, 11) is -3.34. The van der Waals surface area contributed by atoms with Crippen molar-refractivity contribution in [1.29, 1.82) is 0 Å². The Bertz CT molecular complexity index is 1150. The molecule has 0 radical (unpaired) electrons. The van der Waals surface area contributed by atoms with Crippen molar-refractivity contribution in [2.24, 2.45) is 0 Å². The SMILES string of the molecule is Cc1ccc(S(C)(=O)=O)cc1NC(=O)/C=C/c1ccc(OCc2ccccc2)cc1. The van der Waals surface area contributed by atoms with Crippen LogP contribution >= 0.6 is 0 Å². The molecule has 1 N–H and O–H groups in total. The lowest BCUT2D eigenvalue weighted by Gasteiger charge is -2.08. The lowest BCUT2D eigenvalue weighted by molar-refractivity contribution is -0.111. The van der Waals surface area contributed by atoms with Crippen molar-refractivity contribution >= 4 is 27.5 Å². The van der Waals surface area contributed by atoms with Crippen molar-refractivity contribution in [1.82, 2.24) is 0 Å².